The summed E-state index contributed by atoms with van der Waals surface area (Å²) in [6.45, 7) is 1.76. The second-order valence-corrected chi connectivity index (χ2v) is 7.07. The molecule has 9 heteroatoms. The number of hydrogen-bond donors (Lipinski definition) is 1. The summed E-state index contributed by atoms with van der Waals surface area (Å²) in [5, 5.41) is 3.91. The van der Waals surface area contributed by atoms with Gasteiger partial charge in [0, 0.05) is 23.6 Å². The quantitative estimate of drug-likeness (QED) is 0.516. The fourth-order valence-electron chi connectivity index (χ4n) is 3.15. The second-order valence-electron chi connectivity index (χ2n) is 6.66. The number of fused-ring (bicyclic) bond motifs is 1. The molecule has 2 heterocycles. The summed E-state index contributed by atoms with van der Waals surface area (Å²) in [5.41, 5.74) is 1.29. The molecule has 0 bridgehead atoms. The molecule has 0 unspecified atom stereocenters. The molecule has 2 aromatic carbocycles. The molecule has 1 aliphatic rings. The van der Waals surface area contributed by atoms with Crippen LogP contribution in [0.4, 0.5) is 15.9 Å². The van der Waals surface area contributed by atoms with Gasteiger partial charge in [-0.15, -0.1) is 0 Å². The molecule has 1 fully saturated rings. The van der Waals surface area contributed by atoms with E-state index in [1.54, 1.807) is 19.2 Å². The zero-order valence-corrected chi connectivity index (χ0v) is 17.1. The van der Waals surface area contributed by atoms with Crippen molar-refractivity contribution in [3.05, 3.63) is 47.5 Å². The molecular formula is C21H21ClFN3O4. The fraction of sp³-hybridized carbons (Fsp3) is 0.333. The normalized spacial score (nSPS) is 14.2. The van der Waals surface area contributed by atoms with Crippen LogP contribution in [0.1, 0.15) is 12.8 Å². The summed E-state index contributed by atoms with van der Waals surface area (Å²) < 4.78 is 35.7. The molecule has 4 rings (SSSR count). The maximum Gasteiger partial charge on any atom is 0.162 e. The average molecular weight is 434 g/mol. The van der Waals surface area contributed by atoms with E-state index in [0.29, 0.717) is 48.3 Å². The predicted octanol–water partition coefficient (Wildman–Crippen LogP) is 4.71. The average Bonchev–Trinajstić information content (AvgIpc) is 3.27. The van der Waals surface area contributed by atoms with Gasteiger partial charge in [-0.3, -0.25) is 0 Å². The molecule has 0 amide bonds. The van der Waals surface area contributed by atoms with Crippen molar-refractivity contribution in [1.29, 1.82) is 0 Å². The molecule has 1 aliphatic heterocycles. The fourth-order valence-corrected chi connectivity index (χ4v) is 3.33. The second kappa shape index (κ2) is 9.42. The van der Waals surface area contributed by atoms with E-state index in [0.717, 1.165) is 18.2 Å². The lowest BCUT2D eigenvalue weighted by molar-refractivity contribution is -0.0493. The molecule has 1 aromatic heterocycles. The van der Waals surface area contributed by atoms with E-state index >= 15 is 0 Å². The van der Waals surface area contributed by atoms with Crippen molar-refractivity contribution in [3.8, 4) is 11.5 Å². The van der Waals surface area contributed by atoms with Crippen LogP contribution in [0.2, 0.25) is 5.02 Å². The van der Waals surface area contributed by atoms with Gasteiger partial charge in [0.25, 0.3) is 0 Å². The van der Waals surface area contributed by atoms with E-state index < -0.39 is 5.82 Å². The minimum absolute atomic E-state index is 0.0271. The molecule has 1 saturated heterocycles. The minimum atomic E-state index is -0.483. The Morgan fingerprint density at radius 1 is 1.17 bits per heavy atom. The third-order valence-electron chi connectivity index (χ3n) is 4.64. The summed E-state index contributed by atoms with van der Waals surface area (Å²) in [5.74, 6) is 1.21. The topological polar surface area (TPSA) is 74.7 Å². The van der Waals surface area contributed by atoms with Gasteiger partial charge < -0.3 is 24.3 Å². The Morgan fingerprint density at radius 3 is 2.77 bits per heavy atom. The number of ether oxygens (including phenoxy) is 4. The van der Waals surface area contributed by atoms with Crippen molar-refractivity contribution < 1.29 is 23.3 Å². The number of hydrogen-bond acceptors (Lipinski definition) is 7. The molecule has 158 valence electrons. The number of nitrogens with zero attached hydrogens (tertiary/aromatic N) is 2. The zero-order chi connectivity index (χ0) is 20.9. The van der Waals surface area contributed by atoms with Gasteiger partial charge in [0.15, 0.2) is 17.8 Å². The first-order valence-corrected chi connectivity index (χ1v) is 9.92. The largest absolute Gasteiger partial charge is 0.493 e. The predicted molar refractivity (Wildman–Crippen MR) is 111 cm³/mol. The third-order valence-corrected chi connectivity index (χ3v) is 4.93. The van der Waals surface area contributed by atoms with Crippen molar-refractivity contribution in [2.24, 2.45) is 0 Å². The Kier molecular flexibility index (Phi) is 6.47. The van der Waals surface area contributed by atoms with Gasteiger partial charge in [-0.2, -0.15) is 0 Å². The standard InChI is InChI=1S/C21H21ClFN3O4/c1-27-18-11-17-14(10-19(18)28-6-2-3-20-29-7-8-30-20)21(25-12-24-17)26-13-4-5-16(23)15(22)9-13/h4-5,9-12,20H,2-3,6-8H2,1H3,(H,24,25,26). The van der Waals surface area contributed by atoms with Crippen molar-refractivity contribution in [1.82, 2.24) is 9.97 Å². The van der Waals surface area contributed by atoms with E-state index in [-0.39, 0.29) is 11.3 Å². The van der Waals surface area contributed by atoms with Crippen molar-refractivity contribution in [2.45, 2.75) is 19.1 Å². The molecule has 0 aliphatic carbocycles. The number of methoxy groups -OCH3 is 1. The van der Waals surface area contributed by atoms with Gasteiger partial charge in [-0.05, 0) is 30.7 Å². The third kappa shape index (κ3) is 4.72. The van der Waals surface area contributed by atoms with Crippen molar-refractivity contribution >= 4 is 34.0 Å². The van der Waals surface area contributed by atoms with Crippen LogP contribution in [0.15, 0.2) is 36.7 Å². The summed E-state index contributed by atoms with van der Waals surface area (Å²) in [4.78, 5) is 8.62. The van der Waals surface area contributed by atoms with Crippen LogP contribution in [-0.2, 0) is 9.47 Å². The van der Waals surface area contributed by atoms with Crippen LogP contribution >= 0.6 is 11.6 Å². The van der Waals surface area contributed by atoms with Crippen LogP contribution in [0.3, 0.4) is 0 Å². The van der Waals surface area contributed by atoms with Crippen LogP contribution < -0.4 is 14.8 Å². The van der Waals surface area contributed by atoms with Crippen LogP contribution in [0.25, 0.3) is 10.9 Å². The van der Waals surface area contributed by atoms with E-state index in [4.69, 9.17) is 30.5 Å². The highest BCUT2D eigenvalue weighted by Crippen LogP contribution is 2.35. The molecule has 0 saturated carbocycles. The lowest BCUT2D eigenvalue weighted by Gasteiger charge is -2.14. The molecule has 3 aromatic rings. The van der Waals surface area contributed by atoms with Gasteiger partial charge in [0.05, 0.1) is 37.5 Å². The lowest BCUT2D eigenvalue weighted by atomic mass is 10.2. The highest BCUT2D eigenvalue weighted by Gasteiger charge is 2.16. The number of aromatic nitrogens is 2. The molecule has 7 nitrogen and oxygen atoms in total. The minimum Gasteiger partial charge on any atom is -0.493 e. The smallest absolute Gasteiger partial charge is 0.162 e. The van der Waals surface area contributed by atoms with Gasteiger partial charge in [0.2, 0.25) is 0 Å². The molecule has 1 N–H and O–H groups in total. The van der Waals surface area contributed by atoms with Gasteiger partial charge >= 0.3 is 0 Å². The van der Waals surface area contributed by atoms with Crippen molar-refractivity contribution in [3.63, 3.8) is 0 Å². The van der Waals surface area contributed by atoms with Gasteiger partial charge in [0.1, 0.15) is 18.0 Å². The van der Waals surface area contributed by atoms with E-state index in [1.165, 1.54) is 18.5 Å². The Morgan fingerprint density at radius 2 is 2.00 bits per heavy atom. The van der Waals surface area contributed by atoms with E-state index in [1.807, 2.05) is 6.07 Å². The maximum absolute atomic E-state index is 13.4. The Labute approximate surface area is 178 Å². The first-order chi connectivity index (χ1) is 14.6. The van der Waals surface area contributed by atoms with E-state index in [9.17, 15) is 4.39 Å². The lowest BCUT2D eigenvalue weighted by Crippen LogP contribution is -2.10. The Balaban J connectivity index is 1.54. The first kappa shape index (κ1) is 20.6. The molecule has 30 heavy (non-hydrogen) atoms. The van der Waals surface area contributed by atoms with Crippen LogP contribution in [0, 0.1) is 5.82 Å². The molecule has 0 radical (unpaired) electrons. The highest BCUT2D eigenvalue weighted by molar-refractivity contribution is 6.31. The SMILES string of the molecule is COc1cc2ncnc(Nc3ccc(F)c(Cl)c3)c2cc1OCCCC1OCCO1. The number of benzene rings is 2. The molecular weight excluding hydrogens is 413 g/mol. The van der Waals surface area contributed by atoms with Crippen molar-refractivity contribution in [2.75, 3.05) is 32.2 Å². The number of halogens is 2. The van der Waals surface area contributed by atoms with Gasteiger partial charge in [-0.25, -0.2) is 14.4 Å². The monoisotopic (exact) mass is 433 g/mol. The summed E-state index contributed by atoms with van der Waals surface area (Å²) in [6, 6.07) is 7.99. The summed E-state index contributed by atoms with van der Waals surface area (Å²) >= 11 is 5.88. The number of rotatable bonds is 8. The molecule has 0 spiro atoms. The highest BCUT2D eigenvalue weighted by atomic mass is 35.5. The van der Waals surface area contributed by atoms with E-state index in [2.05, 4.69) is 15.3 Å². The first-order valence-electron chi connectivity index (χ1n) is 9.55. The van der Waals surface area contributed by atoms with Crippen LogP contribution in [0.5, 0.6) is 11.5 Å². The number of nitrogens with one attached hydrogen (secondary N) is 1. The summed E-state index contributed by atoms with van der Waals surface area (Å²) in [6.07, 6.45) is 2.82. The number of anilines is 2. The van der Waals surface area contributed by atoms with Crippen LogP contribution in [-0.4, -0.2) is 43.2 Å². The zero-order valence-electron chi connectivity index (χ0n) is 16.4. The Hall–Kier alpha value is -2.68. The molecule has 0 atom stereocenters. The van der Waals surface area contributed by atoms with Gasteiger partial charge in [-0.1, -0.05) is 11.6 Å². The maximum atomic E-state index is 13.4. The summed E-state index contributed by atoms with van der Waals surface area (Å²) in [7, 11) is 1.58. The Bertz CT molecular complexity index is 1030.